The number of pyridine rings is 1. The summed E-state index contributed by atoms with van der Waals surface area (Å²) < 4.78 is 43.0. The Bertz CT molecular complexity index is 991. The summed E-state index contributed by atoms with van der Waals surface area (Å²) in [7, 11) is 1.78. The lowest BCUT2D eigenvalue weighted by Crippen LogP contribution is -2.12. The molecule has 0 radical (unpaired) electrons. The fourth-order valence-corrected chi connectivity index (χ4v) is 2.14. The minimum absolute atomic E-state index is 0.0486. The second kappa shape index (κ2) is 6.38. The molecule has 0 aliphatic rings. The first-order valence-corrected chi connectivity index (χ1v) is 7.08. The zero-order chi connectivity index (χ0) is 18.0. The number of H-pyrrole nitrogens is 1. The van der Waals surface area contributed by atoms with Crippen LogP contribution < -0.4 is 10.3 Å². The quantitative estimate of drug-likeness (QED) is 0.729. The molecule has 3 aromatic heterocycles. The van der Waals surface area contributed by atoms with Gasteiger partial charge in [-0.1, -0.05) is 0 Å². The summed E-state index contributed by atoms with van der Waals surface area (Å²) in [6.45, 7) is -0.396. The third-order valence-corrected chi connectivity index (χ3v) is 3.17. The van der Waals surface area contributed by atoms with Crippen LogP contribution in [0, 0.1) is 0 Å². The number of rotatable bonds is 4. The molecule has 1 N–H and O–H groups in total. The second-order valence-electron chi connectivity index (χ2n) is 5.11. The van der Waals surface area contributed by atoms with Gasteiger partial charge in [-0.2, -0.15) is 18.2 Å². The van der Waals surface area contributed by atoms with Gasteiger partial charge in [-0.25, -0.2) is 4.98 Å². The fourth-order valence-electron chi connectivity index (χ4n) is 2.14. The molecule has 0 aliphatic heterocycles. The highest BCUT2D eigenvalue weighted by Crippen LogP contribution is 2.22. The Balaban J connectivity index is 1.97. The van der Waals surface area contributed by atoms with Crippen molar-refractivity contribution in [3.63, 3.8) is 0 Å². The molecule has 3 aromatic rings. The van der Waals surface area contributed by atoms with E-state index in [1.165, 1.54) is 12.3 Å². The van der Waals surface area contributed by atoms with Crippen molar-refractivity contribution in [2.24, 2.45) is 7.05 Å². The Morgan fingerprint density at radius 2 is 2.16 bits per heavy atom. The average molecular weight is 351 g/mol. The number of aromatic amines is 1. The standard InChI is InChI=1S/C15H12F3N5O2/c1-23-7-10(20-8-23)12-11-9(3-5-19-12)13(24)22-14(21-11)25-6-2-4-15(16,17)18/h2-5,7-8H,6H2,1H3,(H,21,22,24)/b4-2+. The third-order valence-electron chi connectivity index (χ3n) is 3.17. The van der Waals surface area contributed by atoms with Gasteiger partial charge in [0.2, 0.25) is 0 Å². The number of aromatic nitrogens is 5. The first-order chi connectivity index (χ1) is 11.8. The van der Waals surface area contributed by atoms with E-state index in [-0.39, 0.29) is 23.0 Å². The van der Waals surface area contributed by atoms with E-state index in [9.17, 15) is 18.0 Å². The van der Waals surface area contributed by atoms with Gasteiger partial charge in [-0.05, 0) is 12.1 Å². The van der Waals surface area contributed by atoms with Crippen LogP contribution in [0.1, 0.15) is 0 Å². The van der Waals surface area contributed by atoms with E-state index in [1.54, 1.807) is 24.1 Å². The van der Waals surface area contributed by atoms with Crippen LogP contribution in [-0.2, 0) is 7.05 Å². The van der Waals surface area contributed by atoms with E-state index in [0.29, 0.717) is 11.4 Å². The molecular weight excluding hydrogens is 339 g/mol. The summed E-state index contributed by atoms with van der Waals surface area (Å²) in [4.78, 5) is 27.0. The smallest absolute Gasteiger partial charge is 0.409 e. The maximum atomic E-state index is 12.2. The Morgan fingerprint density at radius 3 is 2.84 bits per heavy atom. The van der Waals surface area contributed by atoms with E-state index >= 15 is 0 Å². The minimum Gasteiger partial charge on any atom is -0.460 e. The SMILES string of the molecule is Cn1cnc(-c2nccc3c(=O)[nH]c(OC/C=C/C(F)(F)F)nc23)c1. The van der Waals surface area contributed by atoms with Gasteiger partial charge in [0, 0.05) is 25.5 Å². The maximum Gasteiger partial charge on any atom is 0.409 e. The Hall–Kier alpha value is -3.17. The van der Waals surface area contributed by atoms with Crippen molar-refractivity contribution in [3.05, 3.63) is 47.3 Å². The molecule has 0 saturated heterocycles. The van der Waals surface area contributed by atoms with E-state index in [4.69, 9.17) is 4.74 Å². The van der Waals surface area contributed by atoms with Crippen molar-refractivity contribution in [1.29, 1.82) is 0 Å². The first kappa shape index (κ1) is 16.7. The molecule has 130 valence electrons. The molecule has 7 nitrogen and oxygen atoms in total. The summed E-state index contributed by atoms with van der Waals surface area (Å²) in [5, 5.41) is 0.272. The molecule has 0 aliphatic carbocycles. The van der Waals surface area contributed by atoms with Gasteiger partial charge in [-0.15, -0.1) is 0 Å². The number of alkyl halides is 3. The van der Waals surface area contributed by atoms with Crippen molar-refractivity contribution in [3.8, 4) is 17.4 Å². The van der Waals surface area contributed by atoms with E-state index in [2.05, 4.69) is 19.9 Å². The largest absolute Gasteiger partial charge is 0.460 e. The topological polar surface area (TPSA) is 85.7 Å². The summed E-state index contributed by atoms with van der Waals surface area (Å²) in [6.07, 6.45) is 1.14. The minimum atomic E-state index is -4.43. The lowest BCUT2D eigenvalue weighted by Gasteiger charge is -2.06. The molecule has 0 amide bonds. The molecule has 10 heteroatoms. The van der Waals surface area contributed by atoms with Crippen LogP contribution >= 0.6 is 0 Å². The monoisotopic (exact) mass is 351 g/mol. The number of hydrogen-bond acceptors (Lipinski definition) is 5. The summed E-state index contributed by atoms with van der Waals surface area (Å²) >= 11 is 0. The van der Waals surface area contributed by atoms with Crippen LogP contribution in [-0.4, -0.2) is 37.3 Å². The molecule has 3 rings (SSSR count). The molecule has 0 unspecified atom stereocenters. The number of hydrogen-bond donors (Lipinski definition) is 1. The molecule has 3 heterocycles. The number of allylic oxidation sites excluding steroid dienone is 1. The third kappa shape index (κ3) is 3.84. The van der Waals surface area contributed by atoms with Gasteiger partial charge >= 0.3 is 6.18 Å². The van der Waals surface area contributed by atoms with Crippen molar-refractivity contribution < 1.29 is 17.9 Å². The van der Waals surface area contributed by atoms with Crippen molar-refractivity contribution in [2.75, 3.05) is 6.61 Å². The van der Waals surface area contributed by atoms with Crippen molar-refractivity contribution in [2.45, 2.75) is 6.18 Å². The molecule has 0 aromatic carbocycles. The van der Waals surface area contributed by atoms with E-state index in [1.807, 2.05) is 0 Å². The molecule has 0 bridgehead atoms. The van der Waals surface area contributed by atoms with Crippen LogP contribution in [0.2, 0.25) is 0 Å². The Kier molecular flexibility index (Phi) is 4.26. The van der Waals surface area contributed by atoms with Crippen molar-refractivity contribution >= 4 is 10.9 Å². The van der Waals surface area contributed by atoms with Gasteiger partial charge in [0.05, 0.1) is 11.7 Å². The molecule has 0 saturated carbocycles. The number of nitrogens with one attached hydrogen (secondary N) is 1. The highest BCUT2D eigenvalue weighted by molar-refractivity contribution is 5.89. The Labute approximate surface area is 138 Å². The molecular formula is C15H12F3N5O2. The lowest BCUT2D eigenvalue weighted by atomic mass is 10.2. The molecule has 25 heavy (non-hydrogen) atoms. The zero-order valence-corrected chi connectivity index (χ0v) is 12.9. The highest BCUT2D eigenvalue weighted by Gasteiger charge is 2.21. The summed E-state index contributed by atoms with van der Waals surface area (Å²) in [5.74, 6) is 0. The van der Waals surface area contributed by atoms with Crippen LogP contribution in [0.5, 0.6) is 6.01 Å². The van der Waals surface area contributed by atoms with Crippen LogP contribution in [0.4, 0.5) is 13.2 Å². The van der Waals surface area contributed by atoms with Gasteiger partial charge in [-0.3, -0.25) is 14.8 Å². The number of aryl methyl sites for hydroxylation is 1. The number of imidazole rings is 1. The average Bonchev–Trinajstić information content (AvgIpc) is 2.97. The van der Waals surface area contributed by atoms with Gasteiger partial charge in [0.25, 0.3) is 11.6 Å². The summed E-state index contributed by atoms with van der Waals surface area (Å²) in [6, 6.07) is 1.29. The number of halogens is 3. The van der Waals surface area contributed by atoms with Gasteiger partial charge < -0.3 is 9.30 Å². The molecule has 0 fully saturated rings. The maximum absolute atomic E-state index is 12.2. The molecule has 0 spiro atoms. The van der Waals surface area contributed by atoms with E-state index in [0.717, 1.165) is 6.08 Å². The number of nitrogens with zero attached hydrogens (tertiary/aromatic N) is 4. The highest BCUT2D eigenvalue weighted by atomic mass is 19.4. The normalized spacial score (nSPS) is 12.2. The molecule has 0 atom stereocenters. The van der Waals surface area contributed by atoms with E-state index < -0.39 is 18.3 Å². The number of fused-ring (bicyclic) bond motifs is 1. The second-order valence-corrected chi connectivity index (χ2v) is 5.11. The zero-order valence-electron chi connectivity index (χ0n) is 12.9. The Morgan fingerprint density at radius 1 is 1.36 bits per heavy atom. The van der Waals surface area contributed by atoms with Crippen LogP contribution in [0.25, 0.3) is 22.3 Å². The number of ether oxygens (including phenoxy) is 1. The predicted octanol–water partition coefficient (Wildman–Crippen LogP) is 2.22. The summed E-state index contributed by atoms with van der Waals surface area (Å²) in [5.41, 5.74) is 0.646. The van der Waals surface area contributed by atoms with Crippen LogP contribution in [0.15, 0.2) is 41.7 Å². The van der Waals surface area contributed by atoms with Gasteiger partial charge in [0.15, 0.2) is 0 Å². The predicted molar refractivity (Wildman–Crippen MR) is 83.1 cm³/mol. The first-order valence-electron chi connectivity index (χ1n) is 7.08. The van der Waals surface area contributed by atoms with Crippen LogP contribution in [0.3, 0.4) is 0 Å². The fraction of sp³-hybridized carbons (Fsp3) is 0.200. The van der Waals surface area contributed by atoms with Crippen molar-refractivity contribution in [1.82, 2.24) is 24.5 Å². The lowest BCUT2D eigenvalue weighted by molar-refractivity contribution is -0.0801. The van der Waals surface area contributed by atoms with Gasteiger partial charge in [0.1, 0.15) is 23.5 Å².